The fraction of sp³-hybridized carbons (Fsp3) is 0.357. The Morgan fingerprint density at radius 3 is 2.79 bits per heavy atom. The summed E-state index contributed by atoms with van der Waals surface area (Å²) in [6.45, 7) is 0. The van der Waals surface area contributed by atoms with E-state index in [-0.39, 0.29) is 11.4 Å². The van der Waals surface area contributed by atoms with Crippen LogP contribution in [0.3, 0.4) is 0 Å². The molecule has 2 aromatic rings. The molecule has 1 aromatic heterocycles. The zero-order valence-corrected chi connectivity index (χ0v) is 11.1. The van der Waals surface area contributed by atoms with Crippen LogP contribution in [0.25, 0.3) is 11.1 Å². The summed E-state index contributed by atoms with van der Waals surface area (Å²) in [5.74, 6) is 0.312. The third-order valence-corrected chi connectivity index (χ3v) is 4.02. The standard InChI is InChI=1S/C14H14ClFN2O/c15-9-5-2-6-10(16)12(9)13-11(18-19-14(13)17)7-8-3-1-4-8/h2,5-6,8H,1,3-4,7,17H2. The van der Waals surface area contributed by atoms with Crippen LogP contribution < -0.4 is 5.73 Å². The Balaban J connectivity index is 2.05. The Hall–Kier alpha value is -1.55. The Morgan fingerprint density at radius 2 is 2.16 bits per heavy atom. The Labute approximate surface area is 115 Å². The summed E-state index contributed by atoms with van der Waals surface area (Å²) >= 11 is 6.08. The molecular weight excluding hydrogens is 267 g/mol. The highest BCUT2D eigenvalue weighted by atomic mass is 35.5. The van der Waals surface area contributed by atoms with Crippen molar-refractivity contribution in [3.63, 3.8) is 0 Å². The van der Waals surface area contributed by atoms with Crippen molar-refractivity contribution in [2.24, 2.45) is 5.92 Å². The minimum absolute atomic E-state index is 0.126. The smallest absolute Gasteiger partial charge is 0.230 e. The van der Waals surface area contributed by atoms with Gasteiger partial charge in [0, 0.05) is 5.56 Å². The number of halogens is 2. The molecule has 0 aliphatic heterocycles. The van der Waals surface area contributed by atoms with Gasteiger partial charge in [0.1, 0.15) is 5.82 Å². The van der Waals surface area contributed by atoms with Crippen molar-refractivity contribution in [2.75, 3.05) is 5.73 Å². The van der Waals surface area contributed by atoms with Crippen molar-refractivity contribution in [3.05, 3.63) is 34.7 Å². The number of hydrogen-bond acceptors (Lipinski definition) is 3. The molecule has 3 rings (SSSR count). The lowest BCUT2D eigenvalue weighted by atomic mass is 9.81. The van der Waals surface area contributed by atoms with Crippen molar-refractivity contribution < 1.29 is 8.91 Å². The molecule has 0 amide bonds. The molecule has 2 N–H and O–H groups in total. The van der Waals surface area contributed by atoms with E-state index in [1.165, 1.54) is 25.3 Å². The molecule has 100 valence electrons. The number of nitrogens with two attached hydrogens (primary N) is 1. The summed E-state index contributed by atoms with van der Waals surface area (Å²) in [4.78, 5) is 0. The molecule has 19 heavy (non-hydrogen) atoms. The third-order valence-electron chi connectivity index (χ3n) is 3.71. The molecule has 0 unspecified atom stereocenters. The van der Waals surface area contributed by atoms with Gasteiger partial charge in [-0.25, -0.2) is 4.39 Å². The summed E-state index contributed by atoms with van der Waals surface area (Å²) in [5, 5.41) is 4.29. The fourth-order valence-electron chi connectivity index (χ4n) is 2.45. The maximum absolute atomic E-state index is 14.0. The Morgan fingerprint density at radius 1 is 1.37 bits per heavy atom. The first-order chi connectivity index (χ1) is 9.16. The second-order valence-corrected chi connectivity index (χ2v) is 5.37. The van der Waals surface area contributed by atoms with Gasteiger partial charge >= 0.3 is 0 Å². The summed E-state index contributed by atoms with van der Waals surface area (Å²) < 4.78 is 19.0. The number of anilines is 1. The quantitative estimate of drug-likeness (QED) is 0.922. The largest absolute Gasteiger partial charge is 0.367 e. The van der Waals surface area contributed by atoms with Crippen LogP contribution in [0.1, 0.15) is 25.0 Å². The van der Waals surface area contributed by atoms with E-state index in [4.69, 9.17) is 21.9 Å². The van der Waals surface area contributed by atoms with Crippen LogP contribution >= 0.6 is 11.6 Å². The molecular formula is C14H14ClFN2O. The number of aromatic nitrogens is 1. The molecule has 1 aromatic carbocycles. The van der Waals surface area contributed by atoms with Gasteiger partial charge in [-0.05, 0) is 24.5 Å². The molecule has 1 aliphatic rings. The maximum atomic E-state index is 14.0. The van der Waals surface area contributed by atoms with Gasteiger partial charge in [0.25, 0.3) is 0 Å². The zero-order chi connectivity index (χ0) is 13.4. The molecule has 0 spiro atoms. The van der Waals surface area contributed by atoms with Crippen molar-refractivity contribution in [1.29, 1.82) is 0 Å². The van der Waals surface area contributed by atoms with E-state index in [0.717, 1.165) is 6.42 Å². The van der Waals surface area contributed by atoms with E-state index in [2.05, 4.69) is 5.16 Å². The summed E-state index contributed by atoms with van der Waals surface area (Å²) in [5.41, 5.74) is 7.29. The van der Waals surface area contributed by atoms with Gasteiger partial charge < -0.3 is 10.3 Å². The Kier molecular flexibility index (Phi) is 3.19. The molecule has 0 radical (unpaired) electrons. The van der Waals surface area contributed by atoms with Gasteiger partial charge in [0.2, 0.25) is 5.88 Å². The molecule has 1 fully saturated rings. The lowest BCUT2D eigenvalue weighted by Crippen LogP contribution is -2.14. The second-order valence-electron chi connectivity index (χ2n) is 4.97. The van der Waals surface area contributed by atoms with E-state index in [1.54, 1.807) is 12.1 Å². The van der Waals surface area contributed by atoms with E-state index in [9.17, 15) is 4.39 Å². The monoisotopic (exact) mass is 280 g/mol. The Bertz CT molecular complexity index is 587. The summed E-state index contributed by atoms with van der Waals surface area (Å²) in [6.07, 6.45) is 4.36. The highest BCUT2D eigenvalue weighted by molar-refractivity contribution is 6.33. The maximum Gasteiger partial charge on any atom is 0.230 e. The second kappa shape index (κ2) is 4.85. The number of benzene rings is 1. The van der Waals surface area contributed by atoms with Gasteiger partial charge in [-0.3, -0.25) is 0 Å². The average molecular weight is 281 g/mol. The van der Waals surface area contributed by atoms with Crippen LogP contribution in [0.4, 0.5) is 10.3 Å². The van der Waals surface area contributed by atoms with Crippen LogP contribution in [0.2, 0.25) is 5.02 Å². The first-order valence-electron chi connectivity index (χ1n) is 6.35. The zero-order valence-electron chi connectivity index (χ0n) is 10.3. The summed E-state index contributed by atoms with van der Waals surface area (Å²) in [6, 6.07) is 4.57. The molecule has 5 heteroatoms. The molecule has 1 saturated carbocycles. The molecule has 0 bridgehead atoms. The molecule has 1 aliphatic carbocycles. The van der Waals surface area contributed by atoms with Crippen LogP contribution in [-0.4, -0.2) is 5.16 Å². The van der Waals surface area contributed by atoms with Crippen molar-refractivity contribution in [2.45, 2.75) is 25.7 Å². The van der Waals surface area contributed by atoms with Crippen molar-refractivity contribution in [1.82, 2.24) is 5.16 Å². The van der Waals surface area contributed by atoms with Gasteiger partial charge in [-0.1, -0.05) is 42.1 Å². The average Bonchev–Trinajstić information content (AvgIpc) is 2.66. The lowest BCUT2D eigenvalue weighted by molar-refractivity contribution is 0.306. The first kappa shape index (κ1) is 12.5. The molecule has 0 atom stereocenters. The van der Waals surface area contributed by atoms with Crippen molar-refractivity contribution >= 4 is 17.5 Å². The van der Waals surface area contributed by atoms with E-state index < -0.39 is 5.82 Å². The van der Waals surface area contributed by atoms with E-state index in [0.29, 0.717) is 22.2 Å². The highest BCUT2D eigenvalue weighted by Crippen LogP contribution is 2.39. The third kappa shape index (κ3) is 2.21. The minimum atomic E-state index is -0.405. The topological polar surface area (TPSA) is 52.0 Å². The van der Waals surface area contributed by atoms with Gasteiger partial charge in [0.05, 0.1) is 16.3 Å². The van der Waals surface area contributed by atoms with Crippen molar-refractivity contribution in [3.8, 4) is 11.1 Å². The van der Waals surface area contributed by atoms with Crippen LogP contribution in [0.15, 0.2) is 22.7 Å². The number of hydrogen-bond donors (Lipinski definition) is 1. The SMILES string of the molecule is Nc1onc(CC2CCC2)c1-c1c(F)cccc1Cl. The number of nitrogens with zero attached hydrogens (tertiary/aromatic N) is 1. The van der Waals surface area contributed by atoms with Gasteiger partial charge in [-0.15, -0.1) is 0 Å². The van der Waals surface area contributed by atoms with Crippen LogP contribution in [0.5, 0.6) is 0 Å². The molecule has 3 nitrogen and oxygen atoms in total. The highest BCUT2D eigenvalue weighted by Gasteiger charge is 2.26. The molecule has 1 heterocycles. The normalized spacial score (nSPS) is 15.5. The minimum Gasteiger partial charge on any atom is -0.367 e. The van der Waals surface area contributed by atoms with Crippen LogP contribution in [0, 0.1) is 11.7 Å². The van der Waals surface area contributed by atoms with E-state index >= 15 is 0 Å². The van der Waals surface area contributed by atoms with Gasteiger partial charge in [0.15, 0.2) is 0 Å². The van der Waals surface area contributed by atoms with Gasteiger partial charge in [-0.2, -0.15) is 0 Å². The fourth-order valence-corrected chi connectivity index (χ4v) is 2.71. The van der Waals surface area contributed by atoms with E-state index in [1.807, 2.05) is 0 Å². The number of nitrogen functional groups attached to an aromatic ring is 1. The number of rotatable bonds is 3. The predicted molar refractivity (Wildman–Crippen MR) is 72.4 cm³/mol. The summed E-state index contributed by atoms with van der Waals surface area (Å²) in [7, 11) is 0. The van der Waals surface area contributed by atoms with Crippen LogP contribution in [-0.2, 0) is 6.42 Å². The molecule has 0 saturated heterocycles. The predicted octanol–water partition coefficient (Wildman–Crippen LogP) is 4.06. The lowest BCUT2D eigenvalue weighted by Gasteiger charge is -2.24. The first-order valence-corrected chi connectivity index (χ1v) is 6.73.